The predicted octanol–water partition coefficient (Wildman–Crippen LogP) is 1.40. The van der Waals surface area contributed by atoms with E-state index in [-0.39, 0.29) is 11.9 Å². The number of likely N-dealkylation sites (N-methyl/N-ethyl adjacent to an activating group) is 2. The predicted molar refractivity (Wildman–Crippen MR) is 73.5 cm³/mol. The molecule has 108 valence electrons. The Morgan fingerprint density at radius 2 is 2.16 bits per heavy atom. The molecule has 1 amide bonds. The van der Waals surface area contributed by atoms with Crippen molar-refractivity contribution in [3.8, 4) is 0 Å². The first-order valence-electron chi connectivity index (χ1n) is 6.83. The molecule has 0 aromatic heterocycles. The number of nitrogens with zero attached hydrogens (tertiary/aromatic N) is 2. The number of rotatable bonds is 7. The van der Waals surface area contributed by atoms with Gasteiger partial charge in [-0.1, -0.05) is 6.08 Å². The maximum atomic E-state index is 12.2. The van der Waals surface area contributed by atoms with Crippen LogP contribution in [0.4, 0.5) is 0 Å². The summed E-state index contributed by atoms with van der Waals surface area (Å²) in [4.78, 5) is 27.0. The van der Waals surface area contributed by atoms with Crippen LogP contribution in [0.3, 0.4) is 0 Å². The molecule has 5 nitrogen and oxygen atoms in total. The molecule has 0 saturated heterocycles. The molecule has 1 aliphatic rings. The van der Waals surface area contributed by atoms with Gasteiger partial charge in [-0.25, -0.2) is 0 Å². The van der Waals surface area contributed by atoms with Crippen molar-refractivity contribution in [2.24, 2.45) is 0 Å². The molecule has 0 atom stereocenters. The zero-order valence-electron chi connectivity index (χ0n) is 12.1. The van der Waals surface area contributed by atoms with Gasteiger partial charge in [0.05, 0.1) is 20.1 Å². The van der Waals surface area contributed by atoms with Crippen LogP contribution in [0.1, 0.15) is 32.6 Å². The third kappa shape index (κ3) is 5.03. The van der Waals surface area contributed by atoms with Crippen LogP contribution in [0.5, 0.6) is 0 Å². The fraction of sp³-hybridized carbons (Fsp3) is 0.714. The summed E-state index contributed by atoms with van der Waals surface area (Å²) in [5.41, 5.74) is 1.15. The zero-order chi connectivity index (χ0) is 14.3. The monoisotopic (exact) mass is 268 g/mol. The lowest BCUT2D eigenvalue weighted by Gasteiger charge is -2.25. The van der Waals surface area contributed by atoms with Crippen molar-refractivity contribution in [3.05, 3.63) is 11.8 Å². The number of carbonyl (C=O) groups excluding carboxylic acids is 2. The quantitative estimate of drug-likeness (QED) is 0.655. The highest BCUT2D eigenvalue weighted by Crippen LogP contribution is 2.21. The summed E-state index contributed by atoms with van der Waals surface area (Å²) in [5.74, 6) is -0.145. The Kier molecular flexibility index (Phi) is 6.56. The van der Waals surface area contributed by atoms with Crippen molar-refractivity contribution in [1.29, 1.82) is 0 Å². The van der Waals surface area contributed by atoms with Crippen LogP contribution in [0.25, 0.3) is 0 Å². The average molecular weight is 268 g/mol. The second-order valence-corrected chi connectivity index (χ2v) is 4.79. The maximum absolute atomic E-state index is 12.2. The van der Waals surface area contributed by atoms with E-state index in [0.29, 0.717) is 26.1 Å². The third-order valence-corrected chi connectivity index (χ3v) is 3.31. The third-order valence-electron chi connectivity index (χ3n) is 3.31. The second-order valence-electron chi connectivity index (χ2n) is 4.79. The lowest BCUT2D eigenvalue weighted by Crippen LogP contribution is -2.38. The minimum atomic E-state index is -0.245. The Morgan fingerprint density at radius 1 is 1.42 bits per heavy atom. The molecule has 0 aromatic carbocycles. The molecule has 0 spiro atoms. The highest BCUT2D eigenvalue weighted by Gasteiger charge is 2.19. The highest BCUT2D eigenvalue weighted by molar-refractivity contribution is 5.80. The first-order chi connectivity index (χ1) is 9.08. The van der Waals surface area contributed by atoms with E-state index in [1.807, 2.05) is 23.8 Å². The summed E-state index contributed by atoms with van der Waals surface area (Å²) in [6.07, 6.45) is 5.66. The fourth-order valence-corrected chi connectivity index (χ4v) is 2.22. The van der Waals surface area contributed by atoms with E-state index < -0.39 is 0 Å². The van der Waals surface area contributed by atoms with Gasteiger partial charge in [-0.15, -0.1) is 0 Å². The topological polar surface area (TPSA) is 49.9 Å². The van der Waals surface area contributed by atoms with Gasteiger partial charge >= 0.3 is 5.97 Å². The molecule has 0 aliphatic heterocycles. The van der Waals surface area contributed by atoms with E-state index in [1.54, 1.807) is 0 Å². The normalized spacial score (nSPS) is 14.4. The molecular formula is C14H24N2O3. The molecular weight excluding hydrogens is 244 g/mol. The summed E-state index contributed by atoms with van der Waals surface area (Å²) >= 11 is 0. The SMILES string of the molecule is CCN(C(=O)CN(C)CCC(=O)OC)C1=CCCC1. The zero-order valence-corrected chi connectivity index (χ0v) is 12.1. The van der Waals surface area contributed by atoms with E-state index in [0.717, 1.165) is 25.0 Å². The largest absolute Gasteiger partial charge is 0.469 e. The molecule has 0 radical (unpaired) electrons. The van der Waals surface area contributed by atoms with Crippen molar-refractivity contribution >= 4 is 11.9 Å². The van der Waals surface area contributed by atoms with Crippen molar-refractivity contribution in [2.45, 2.75) is 32.6 Å². The van der Waals surface area contributed by atoms with Gasteiger partial charge in [0.15, 0.2) is 0 Å². The van der Waals surface area contributed by atoms with Crippen LogP contribution >= 0.6 is 0 Å². The number of amides is 1. The number of carbonyl (C=O) groups is 2. The van der Waals surface area contributed by atoms with Crippen LogP contribution in [-0.4, -0.2) is 55.5 Å². The van der Waals surface area contributed by atoms with Crippen molar-refractivity contribution < 1.29 is 14.3 Å². The first-order valence-corrected chi connectivity index (χ1v) is 6.83. The number of methoxy groups -OCH3 is 1. The molecule has 5 heteroatoms. The van der Waals surface area contributed by atoms with Crippen LogP contribution in [0.2, 0.25) is 0 Å². The summed E-state index contributed by atoms with van der Waals surface area (Å²) in [7, 11) is 3.22. The molecule has 1 aliphatic carbocycles. The van der Waals surface area contributed by atoms with Gasteiger partial charge in [0.1, 0.15) is 0 Å². The minimum Gasteiger partial charge on any atom is -0.469 e. The van der Waals surface area contributed by atoms with Gasteiger partial charge in [-0.2, -0.15) is 0 Å². The minimum absolute atomic E-state index is 0.100. The summed E-state index contributed by atoms with van der Waals surface area (Å²) < 4.78 is 4.59. The summed E-state index contributed by atoms with van der Waals surface area (Å²) in [6.45, 7) is 3.57. The van der Waals surface area contributed by atoms with E-state index in [1.165, 1.54) is 7.11 Å². The standard InChI is InChI=1S/C14H24N2O3/c1-4-16(12-7-5-6-8-12)13(17)11-15(2)10-9-14(18)19-3/h7H,4-6,8-11H2,1-3H3. The number of hydrogen-bond donors (Lipinski definition) is 0. The van der Waals surface area contributed by atoms with Crippen LogP contribution in [0, 0.1) is 0 Å². The van der Waals surface area contributed by atoms with Gasteiger partial charge in [-0.3, -0.25) is 14.5 Å². The molecule has 0 fully saturated rings. The lowest BCUT2D eigenvalue weighted by atomic mass is 10.3. The van der Waals surface area contributed by atoms with Gasteiger partial charge in [0.2, 0.25) is 5.91 Å². The molecule has 1 rings (SSSR count). The first kappa shape index (κ1) is 15.7. The summed E-state index contributed by atoms with van der Waals surface area (Å²) in [5, 5.41) is 0. The van der Waals surface area contributed by atoms with E-state index in [2.05, 4.69) is 10.8 Å². The highest BCUT2D eigenvalue weighted by atomic mass is 16.5. The smallest absolute Gasteiger partial charge is 0.306 e. The van der Waals surface area contributed by atoms with Crippen molar-refractivity contribution in [3.63, 3.8) is 0 Å². The van der Waals surface area contributed by atoms with Crippen molar-refractivity contribution in [2.75, 3.05) is 33.8 Å². The molecule has 0 heterocycles. The Balaban J connectivity index is 2.41. The maximum Gasteiger partial charge on any atom is 0.306 e. The van der Waals surface area contributed by atoms with Crippen LogP contribution in [-0.2, 0) is 14.3 Å². The Morgan fingerprint density at radius 3 is 2.68 bits per heavy atom. The van der Waals surface area contributed by atoms with Crippen LogP contribution in [0.15, 0.2) is 11.8 Å². The molecule has 19 heavy (non-hydrogen) atoms. The molecule has 0 N–H and O–H groups in total. The van der Waals surface area contributed by atoms with Gasteiger partial charge in [0.25, 0.3) is 0 Å². The summed E-state index contributed by atoms with van der Waals surface area (Å²) in [6, 6.07) is 0. The molecule has 0 unspecified atom stereocenters. The van der Waals surface area contributed by atoms with Gasteiger partial charge in [0, 0.05) is 18.8 Å². The average Bonchev–Trinajstić information content (AvgIpc) is 2.90. The van der Waals surface area contributed by atoms with E-state index in [4.69, 9.17) is 0 Å². The fourth-order valence-electron chi connectivity index (χ4n) is 2.22. The van der Waals surface area contributed by atoms with E-state index >= 15 is 0 Å². The molecule has 0 saturated carbocycles. The molecule has 0 aromatic rings. The second kappa shape index (κ2) is 7.94. The van der Waals surface area contributed by atoms with Gasteiger partial charge in [-0.05, 0) is 33.2 Å². The number of allylic oxidation sites excluding steroid dienone is 2. The van der Waals surface area contributed by atoms with Gasteiger partial charge < -0.3 is 9.64 Å². The van der Waals surface area contributed by atoms with Crippen molar-refractivity contribution in [1.82, 2.24) is 9.80 Å². The Bertz CT molecular complexity index is 353. The Labute approximate surface area is 115 Å². The number of ether oxygens (including phenoxy) is 1. The Hall–Kier alpha value is -1.36. The van der Waals surface area contributed by atoms with E-state index in [9.17, 15) is 9.59 Å². The number of hydrogen-bond acceptors (Lipinski definition) is 4. The number of esters is 1. The molecule has 0 bridgehead atoms. The van der Waals surface area contributed by atoms with Crippen LogP contribution < -0.4 is 0 Å². The lowest BCUT2D eigenvalue weighted by molar-refractivity contribution is -0.141.